The Labute approximate surface area is 100 Å². The Hall–Kier alpha value is -1.65. The molecular formula is C12H17N3O2. The van der Waals surface area contributed by atoms with Gasteiger partial charge in [0.25, 0.3) is 0 Å². The van der Waals surface area contributed by atoms with Gasteiger partial charge in [0.15, 0.2) is 5.69 Å². The van der Waals surface area contributed by atoms with Crippen LogP contribution in [-0.4, -0.2) is 33.6 Å². The molecule has 0 radical (unpaired) electrons. The Morgan fingerprint density at radius 3 is 2.88 bits per heavy atom. The van der Waals surface area contributed by atoms with Crippen molar-refractivity contribution in [1.29, 1.82) is 0 Å². The minimum absolute atomic E-state index is 0.0182. The molecule has 0 atom stereocenters. The summed E-state index contributed by atoms with van der Waals surface area (Å²) in [6, 6.07) is 0.528. The lowest BCUT2D eigenvalue weighted by atomic mass is 10.3. The van der Waals surface area contributed by atoms with Crippen LogP contribution >= 0.6 is 0 Å². The van der Waals surface area contributed by atoms with Crippen molar-refractivity contribution in [3.8, 4) is 0 Å². The number of hydrogen-bond acceptors (Lipinski definition) is 4. The van der Waals surface area contributed by atoms with Gasteiger partial charge in [-0.25, -0.2) is 9.78 Å². The van der Waals surface area contributed by atoms with E-state index >= 15 is 0 Å². The van der Waals surface area contributed by atoms with Crippen LogP contribution in [0.3, 0.4) is 0 Å². The molecule has 1 aliphatic rings. The fourth-order valence-electron chi connectivity index (χ4n) is 1.80. The smallest absolute Gasteiger partial charge is 0.356 e. The molecule has 1 saturated carbocycles. The van der Waals surface area contributed by atoms with E-state index in [1.54, 1.807) is 6.20 Å². The summed E-state index contributed by atoms with van der Waals surface area (Å²) in [5, 5.41) is 8.90. The van der Waals surface area contributed by atoms with Gasteiger partial charge in [-0.1, -0.05) is 13.3 Å². The predicted molar refractivity (Wildman–Crippen MR) is 64.3 cm³/mol. The highest BCUT2D eigenvalue weighted by atomic mass is 16.4. The van der Waals surface area contributed by atoms with Crippen molar-refractivity contribution in [2.45, 2.75) is 38.6 Å². The summed E-state index contributed by atoms with van der Waals surface area (Å²) in [6.07, 6.45) is 7.49. The van der Waals surface area contributed by atoms with E-state index in [4.69, 9.17) is 5.11 Å². The minimum Gasteiger partial charge on any atom is -0.476 e. The van der Waals surface area contributed by atoms with Crippen molar-refractivity contribution in [2.24, 2.45) is 0 Å². The molecule has 5 heteroatoms. The molecule has 1 N–H and O–H groups in total. The number of anilines is 1. The summed E-state index contributed by atoms with van der Waals surface area (Å²) < 4.78 is 0. The molecule has 2 rings (SSSR count). The first-order chi connectivity index (χ1) is 8.22. The Morgan fingerprint density at radius 2 is 2.29 bits per heavy atom. The van der Waals surface area contributed by atoms with Crippen LogP contribution in [0, 0.1) is 0 Å². The highest BCUT2D eigenvalue weighted by Crippen LogP contribution is 2.30. The zero-order valence-electron chi connectivity index (χ0n) is 9.96. The fourth-order valence-corrected chi connectivity index (χ4v) is 1.80. The number of carboxylic acids is 1. The molecule has 1 aromatic rings. The molecule has 92 valence electrons. The van der Waals surface area contributed by atoms with E-state index in [2.05, 4.69) is 21.8 Å². The van der Waals surface area contributed by atoms with Gasteiger partial charge in [0.05, 0.1) is 12.4 Å². The van der Waals surface area contributed by atoms with Gasteiger partial charge in [0.2, 0.25) is 0 Å². The maximum atomic E-state index is 10.9. The largest absolute Gasteiger partial charge is 0.476 e. The average molecular weight is 235 g/mol. The molecule has 0 amide bonds. The first-order valence-corrected chi connectivity index (χ1v) is 6.04. The molecule has 5 nitrogen and oxygen atoms in total. The molecule has 0 unspecified atom stereocenters. The molecule has 0 aromatic carbocycles. The molecule has 0 aliphatic heterocycles. The van der Waals surface area contributed by atoms with Crippen molar-refractivity contribution < 1.29 is 9.90 Å². The Morgan fingerprint density at radius 1 is 1.53 bits per heavy atom. The van der Waals surface area contributed by atoms with Crippen molar-refractivity contribution >= 4 is 11.8 Å². The number of rotatable bonds is 6. The van der Waals surface area contributed by atoms with Crippen LogP contribution in [0.1, 0.15) is 43.1 Å². The highest BCUT2D eigenvalue weighted by molar-refractivity contribution is 5.85. The van der Waals surface area contributed by atoms with Crippen LogP contribution in [0.25, 0.3) is 0 Å². The Kier molecular flexibility index (Phi) is 3.56. The number of carboxylic acid groups (broad SMARTS) is 1. The molecule has 1 aromatic heterocycles. The Balaban J connectivity index is 2.16. The lowest BCUT2D eigenvalue weighted by Crippen LogP contribution is -2.28. The molecule has 1 heterocycles. The zero-order chi connectivity index (χ0) is 12.3. The number of aromatic carboxylic acids is 1. The van der Waals surface area contributed by atoms with E-state index in [0.717, 1.165) is 19.4 Å². The van der Waals surface area contributed by atoms with Crippen LogP contribution in [-0.2, 0) is 0 Å². The third-order valence-corrected chi connectivity index (χ3v) is 2.88. The number of unbranched alkanes of at least 4 members (excludes halogenated alkanes) is 1. The SMILES string of the molecule is CCCCN(c1cncc(C(=O)O)n1)C1CC1. The monoisotopic (exact) mass is 235 g/mol. The molecule has 0 bridgehead atoms. The lowest BCUT2D eigenvalue weighted by molar-refractivity contribution is 0.0690. The summed E-state index contributed by atoms with van der Waals surface area (Å²) in [6.45, 7) is 3.07. The van der Waals surface area contributed by atoms with E-state index in [1.807, 2.05) is 0 Å². The molecule has 1 fully saturated rings. The van der Waals surface area contributed by atoms with Crippen LogP contribution in [0.4, 0.5) is 5.82 Å². The van der Waals surface area contributed by atoms with Crippen LogP contribution in [0.15, 0.2) is 12.4 Å². The second kappa shape index (κ2) is 5.12. The maximum absolute atomic E-state index is 10.9. The standard InChI is InChI=1S/C12H17N3O2/c1-2-3-6-15(9-4-5-9)11-8-13-7-10(14-11)12(16)17/h7-9H,2-6H2,1H3,(H,16,17). The topological polar surface area (TPSA) is 66.3 Å². The third-order valence-electron chi connectivity index (χ3n) is 2.88. The number of carbonyl (C=O) groups is 1. The lowest BCUT2D eigenvalue weighted by Gasteiger charge is -2.22. The molecular weight excluding hydrogens is 218 g/mol. The van der Waals surface area contributed by atoms with E-state index in [1.165, 1.54) is 19.0 Å². The molecule has 0 saturated heterocycles. The summed E-state index contributed by atoms with van der Waals surface area (Å²) >= 11 is 0. The minimum atomic E-state index is -1.02. The second-order valence-electron chi connectivity index (χ2n) is 4.35. The fraction of sp³-hybridized carbons (Fsp3) is 0.583. The van der Waals surface area contributed by atoms with Crippen LogP contribution < -0.4 is 4.90 Å². The summed E-state index contributed by atoms with van der Waals surface area (Å²) in [4.78, 5) is 21.1. The van der Waals surface area contributed by atoms with E-state index in [9.17, 15) is 4.79 Å². The average Bonchev–Trinajstić information content (AvgIpc) is 3.14. The van der Waals surface area contributed by atoms with Crippen LogP contribution in [0.5, 0.6) is 0 Å². The van der Waals surface area contributed by atoms with Gasteiger partial charge >= 0.3 is 5.97 Å². The second-order valence-corrected chi connectivity index (χ2v) is 4.35. The molecule has 0 spiro atoms. The number of hydrogen-bond donors (Lipinski definition) is 1. The summed E-state index contributed by atoms with van der Waals surface area (Å²) in [7, 11) is 0. The van der Waals surface area contributed by atoms with E-state index < -0.39 is 5.97 Å². The van der Waals surface area contributed by atoms with Crippen molar-refractivity contribution in [1.82, 2.24) is 9.97 Å². The maximum Gasteiger partial charge on any atom is 0.356 e. The van der Waals surface area contributed by atoms with Crippen molar-refractivity contribution in [2.75, 3.05) is 11.4 Å². The molecule has 1 aliphatic carbocycles. The van der Waals surface area contributed by atoms with Crippen molar-refractivity contribution in [3.05, 3.63) is 18.1 Å². The first kappa shape index (κ1) is 11.8. The van der Waals surface area contributed by atoms with Gasteiger partial charge in [-0.2, -0.15) is 0 Å². The first-order valence-electron chi connectivity index (χ1n) is 6.04. The summed E-state index contributed by atoms with van der Waals surface area (Å²) in [5.41, 5.74) is 0.0182. The normalized spacial score (nSPS) is 14.6. The van der Waals surface area contributed by atoms with Gasteiger partial charge in [0.1, 0.15) is 5.82 Å². The quantitative estimate of drug-likeness (QED) is 0.816. The van der Waals surface area contributed by atoms with Gasteiger partial charge in [-0.05, 0) is 19.3 Å². The van der Waals surface area contributed by atoms with Crippen LogP contribution in [0.2, 0.25) is 0 Å². The Bertz CT molecular complexity index is 404. The van der Waals surface area contributed by atoms with Gasteiger partial charge in [0, 0.05) is 12.6 Å². The van der Waals surface area contributed by atoms with Crippen molar-refractivity contribution in [3.63, 3.8) is 0 Å². The van der Waals surface area contributed by atoms with Gasteiger partial charge in [-0.3, -0.25) is 4.98 Å². The highest BCUT2D eigenvalue weighted by Gasteiger charge is 2.30. The zero-order valence-corrected chi connectivity index (χ0v) is 9.96. The number of aromatic nitrogens is 2. The molecule has 17 heavy (non-hydrogen) atoms. The van der Waals surface area contributed by atoms with Gasteiger partial charge in [-0.15, -0.1) is 0 Å². The van der Waals surface area contributed by atoms with E-state index in [0.29, 0.717) is 11.9 Å². The van der Waals surface area contributed by atoms with E-state index in [-0.39, 0.29) is 5.69 Å². The van der Waals surface area contributed by atoms with Gasteiger partial charge < -0.3 is 10.0 Å². The number of nitrogens with zero attached hydrogens (tertiary/aromatic N) is 3. The third kappa shape index (κ3) is 2.93. The summed E-state index contributed by atoms with van der Waals surface area (Å²) in [5.74, 6) is -0.327. The predicted octanol–water partition coefficient (Wildman–Crippen LogP) is 1.94.